The van der Waals surface area contributed by atoms with Crippen LogP contribution in [0, 0.1) is 6.92 Å². The molecule has 0 amide bonds. The molecule has 16 heavy (non-hydrogen) atoms. The average molecular weight is 221 g/mol. The molecule has 0 fully saturated rings. The van der Waals surface area contributed by atoms with E-state index < -0.39 is 5.69 Å². The van der Waals surface area contributed by atoms with E-state index in [-0.39, 0.29) is 5.56 Å². The van der Waals surface area contributed by atoms with E-state index in [0.717, 1.165) is 4.57 Å². The van der Waals surface area contributed by atoms with Gasteiger partial charge in [0.2, 0.25) is 0 Å². The number of aromatic nitrogens is 3. The fourth-order valence-electron chi connectivity index (χ4n) is 1.34. The highest BCUT2D eigenvalue weighted by Crippen LogP contribution is 2.00. The molecular weight excluding hydrogens is 206 g/mol. The Balaban J connectivity index is 3.60. The van der Waals surface area contributed by atoms with Gasteiger partial charge in [-0.05, 0) is 26.8 Å². The zero-order chi connectivity index (χ0) is 12.3. The summed E-state index contributed by atoms with van der Waals surface area (Å²) in [5.74, 6) is 0. The van der Waals surface area contributed by atoms with Crippen molar-refractivity contribution in [3.8, 4) is 0 Å². The molecule has 1 rings (SSSR count). The van der Waals surface area contributed by atoms with Gasteiger partial charge in [0.1, 0.15) is 5.69 Å². The van der Waals surface area contributed by atoms with Gasteiger partial charge in [0.05, 0.1) is 5.70 Å². The van der Waals surface area contributed by atoms with Crippen LogP contribution in [0.5, 0.6) is 0 Å². The SMILES string of the molecule is C/C=C\C(=C/C)n1nc(C)c(=O)n(C)c1=O. The van der Waals surface area contributed by atoms with Gasteiger partial charge in [-0.2, -0.15) is 9.78 Å². The Kier molecular flexibility index (Phi) is 3.60. The van der Waals surface area contributed by atoms with Crippen molar-refractivity contribution in [2.24, 2.45) is 7.05 Å². The molecule has 5 heteroatoms. The van der Waals surface area contributed by atoms with E-state index in [1.54, 1.807) is 19.1 Å². The van der Waals surface area contributed by atoms with Crippen molar-refractivity contribution in [3.63, 3.8) is 0 Å². The predicted molar refractivity (Wildman–Crippen MR) is 63.2 cm³/mol. The van der Waals surface area contributed by atoms with Crippen LogP contribution in [0.3, 0.4) is 0 Å². The van der Waals surface area contributed by atoms with Gasteiger partial charge in [-0.25, -0.2) is 4.79 Å². The fraction of sp³-hybridized carbons (Fsp3) is 0.364. The van der Waals surface area contributed by atoms with Crippen molar-refractivity contribution in [1.29, 1.82) is 0 Å². The second-order valence-corrected chi connectivity index (χ2v) is 3.36. The first-order valence-electron chi connectivity index (χ1n) is 4.99. The monoisotopic (exact) mass is 221 g/mol. The smallest absolute Gasteiger partial charge is 0.267 e. The van der Waals surface area contributed by atoms with E-state index in [1.807, 2.05) is 19.9 Å². The Bertz CT molecular complexity index is 562. The van der Waals surface area contributed by atoms with Crippen molar-refractivity contribution in [1.82, 2.24) is 14.3 Å². The van der Waals surface area contributed by atoms with E-state index in [2.05, 4.69) is 5.10 Å². The molecule has 0 saturated carbocycles. The van der Waals surface area contributed by atoms with E-state index in [0.29, 0.717) is 11.4 Å². The highest BCUT2D eigenvalue weighted by molar-refractivity contribution is 5.54. The van der Waals surface area contributed by atoms with Crippen LogP contribution in [0.2, 0.25) is 0 Å². The van der Waals surface area contributed by atoms with Crippen molar-refractivity contribution in [2.75, 3.05) is 0 Å². The van der Waals surface area contributed by atoms with Crippen LogP contribution < -0.4 is 11.2 Å². The molecule has 0 aliphatic rings. The van der Waals surface area contributed by atoms with Gasteiger partial charge in [-0.1, -0.05) is 12.2 Å². The normalized spacial score (nSPS) is 12.4. The lowest BCUT2D eigenvalue weighted by Crippen LogP contribution is -2.40. The summed E-state index contributed by atoms with van der Waals surface area (Å²) < 4.78 is 2.27. The molecule has 5 nitrogen and oxygen atoms in total. The lowest BCUT2D eigenvalue weighted by molar-refractivity contribution is 0.649. The number of hydrogen-bond acceptors (Lipinski definition) is 3. The molecule has 1 heterocycles. The quantitative estimate of drug-likeness (QED) is 0.690. The minimum Gasteiger partial charge on any atom is -0.267 e. The van der Waals surface area contributed by atoms with Crippen LogP contribution in [0.1, 0.15) is 19.5 Å². The minimum atomic E-state index is -0.443. The first-order valence-corrected chi connectivity index (χ1v) is 4.99. The average Bonchev–Trinajstić information content (AvgIpc) is 2.28. The summed E-state index contributed by atoms with van der Waals surface area (Å²) in [5.41, 5.74) is 0.135. The third kappa shape index (κ3) is 2.03. The molecule has 0 saturated heterocycles. The molecular formula is C11H15N3O2. The summed E-state index contributed by atoms with van der Waals surface area (Å²) in [7, 11) is 1.44. The first kappa shape index (κ1) is 12.2. The lowest BCUT2D eigenvalue weighted by atomic mass is 10.3. The summed E-state index contributed by atoms with van der Waals surface area (Å²) >= 11 is 0. The number of allylic oxidation sites excluding steroid dienone is 4. The van der Waals surface area contributed by atoms with Crippen molar-refractivity contribution in [2.45, 2.75) is 20.8 Å². The molecule has 0 aliphatic heterocycles. The van der Waals surface area contributed by atoms with Gasteiger partial charge in [0.25, 0.3) is 5.56 Å². The van der Waals surface area contributed by atoms with Crippen molar-refractivity contribution < 1.29 is 0 Å². The Morgan fingerprint density at radius 3 is 2.44 bits per heavy atom. The van der Waals surface area contributed by atoms with E-state index in [9.17, 15) is 9.59 Å². The third-order valence-corrected chi connectivity index (χ3v) is 2.21. The number of aryl methyl sites for hydroxylation is 1. The second kappa shape index (κ2) is 4.74. The molecule has 0 aromatic carbocycles. The number of hydrogen-bond donors (Lipinski definition) is 0. The van der Waals surface area contributed by atoms with Crippen molar-refractivity contribution in [3.05, 3.63) is 44.8 Å². The van der Waals surface area contributed by atoms with Crippen LogP contribution in [-0.2, 0) is 7.05 Å². The Labute approximate surface area is 93.3 Å². The molecule has 1 aromatic rings. The highest BCUT2D eigenvalue weighted by Gasteiger charge is 2.08. The van der Waals surface area contributed by atoms with Crippen LogP contribution in [-0.4, -0.2) is 14.3 Å². The molecule has 0 N–H and O–H groups in total. The summed E-state index contributed by atoms with van der Waals surface area (Å²) in [6, 6.07) is 0. The molecule has 0 bridgehead atoms. The summed E-state index contributed by atoms with van der Waals surface area (Å²) in [4.78, 5) is 23.3. The Morgan fingerprint density at radius 2 is 1.94 bits per heavy atom. The number of nitrogens with zero attached hydrogens (tertiary/aromatic N) is 3. The molecule has 0 unspecified atom stereocenters. The third-order valence-electron chi connectivity index (χ3n) is 2.21. The standard InChI is InChI=1S/C11H15N3O2/c1-5-7-9(6-2)14-11(16)13(4)10(15)8(3)12-14/h5-7H,1-4H3/b7-5-,9-6+. The second-order valence-electron chi connectivity index (χ2n) is 3.36. The Morgan fingerprint density at radius 1 is 1.31 bits per heavy atom. The Hall–Kier alpha value is -1.91. The molecule has 1 aromatic heterocycles. The molecule has 0 spiro atoms. The molecule has 0 radical (unpaired) electrons. The van der Waals surface area contributed by atoms with Crippen LogP contribution in [0.4, 0.5) is 0 Å². The van der Waals surface area contributed by atoms with Gasteiger partial charge in [-0.15, -0.1) is 0 Å². The maximum absolute atomic E-state index is 11.8. The van der Waals surface area contributed by atoms with Gasteiger partial charge in [0.15, 0.2) is 0 Å². The maximum atomic E-state index is 11.8. The van der Waals surface area contributed by atoms with Gasteiger partial charge < -0.3 is 0 Å². The maximum Gasteiger partial charge on any atom is 0.351 e. The van der Waals surface area contributed by atoms with E-state index in [4.69, 9.17) is 0 Å². The summed E-state index contributed by atoms with van der Waals surface area (Å²) in [6.07, 6.45) is 5.33. The van der Waals surface area contributed by atoms with E-state index in [1.165, 1.54) is 11.7 Å². The molecule has 0 aliphatic carbocycles. The van der Waals surface area contributed by atoms with Gasteiger partial charge in [-0.3, -0.25) is 9.36 Å². The lowest BCUT2D eigenvalue weighted by Gasteiger charge is -2.07. The largest absolute Gasteiger partial charge is 0.351 e. The van der Waals surface area contributed by atoms with Crippen LogP contribution >= 0.6 is 0 Å². The van der Waals surface area contributed by atoms with E-state index >= 15 is 0 Å². The molecule has 0 atom stereocenters. The van der Waals surface area contributed by atoms with Crippen molar-refractivity contribution >= 4 is 5.70 Å². The minimum absolute atomic E-state index is 0.297. The number of rotatable bonds is 2. The topological polar surface area (TPSA) is 56.9 Å². The van der Waals surface area contributed by atoms with Crippen LogP contribution in [0.15, 0.2) is 27.8 Å². The summed E-state index contributed by atoms with van der Waals surface area (Å²) in [5, 5.41) is 3.97. The predicted octanol–water partition coefficient (Wildman–Crippen LogP) is 0.687. The summed E-state index contributed by atoms with van der Waals surface area (Å²) in [6.45, 7) is 5.24. The van der Waals surface area contributed by atoms with Gasteiger partial charge in [0, 0.05) is 7.05 Å². The highest BCUT2D eigenvalue weighted by atomic mass is 16.2. The first-order chi connectivity index (χ1) is 7.52. The molecule has 86 valence electrons. The fourth-order valence-corrected chi connectivity index (χ4v) is 1.34. The zero-order valence-corrected chi connectivity index (χ0v) is 9.89. The zero-order valence-electron chi connectivity index (χ0n) is 9.89. The van der Waals surface area contributed by atoms with Gasteiger partial charge >= 0.3 is 5.69 Å². The van der Waals surface area contributed by atoms with Crippen LogP contribution in [0.25, 0.3) is 5.70 Å².